The Bertz CT molecular complexity index is 895. The number of ketones is 1. The molecule has 2 aromatic rings. The molecule has 8 nitrogen and oxygen atoms in total. The molecule has 9 heteroatoms. The van der Waals surface area contributed by atoms with Crippen molar-refractivity contribution >= 4 is 35.2 Å². The van der Waals surface area contributed by atoms with Gasteiger partial charge >= 0.3 is 11.9 Å². The monoisotopic (exact) mass is 431 g/mol. The lowest BCUT2D eigenvalue weighted by Gasteiger charge is -2.06. The molecular formula is C21H21NO7S. The summed E-state index contributed by atoms with van der Waals surface area (Å²) in [6.07, 6.45) is 0.341. The lowest BCUT2D eigenvalue weighted by Crippen LogP contribution is -2.11. The molecule has 0 heterocycles. The Morgan fingerprint density at radius 3 is 2.27 bits per heavy atom. The molecule has 0 bridgehead atoms. The highest BCUT2D eigenvalue weighted by Crippen LogP contribution is 2.20. The summed E-state index contributed by atoms with van der Waals surface area (Å²) in [5.74, 6) is -0.540. The average Bonchev–Trinajstić information content (AvgIpc) is 2.72. The molecule has 0 aromatic heterocycles. The number of thioether (sulfide) groups is 1. The molecule has 0 atom stereocenters. The number of nitro groups is 1. The fourth-order valence-corrected chi connectivity index (χ4v) is 3.19. The summed E-state index contributed by atoms with van der Waals surface area (Å²) in [5, 5.41) is 10.6. The average molecular weight is 431 g/mol. The van der Waals surface area contributed by atoms with Crippen LogP contribution in [0, 0.1) is 10.1 Å². The Labute approximate surface area is 177 Å². The Morgan fingerprint density at radius 2 is 1.67 bits per heavy atom. The quantitative estimate of drug-likeness (QED) is 0.0999. The van der Waals surface area contributed by atoms with E-state index >= 15 is 0 Å². The van der Waals surface area contributed by atoms with Crippen LogP contribution in [0.3, 0.4) is 0 Å². The van der Waals surface area contributed by atoms with E-state index in [1.807, 2.05) is 0 Å². The molecule has 0 aliphatic heterocycles. The first-order valence-corrected chi connectivity index (χ1v) is 10.1. The van der Waals surface area contributed by atoms with Gasteiger partial charge in [-0.3, -0.25) is 24.5 Å². The van der Waals surface area contributed by atoms with Crippen LogP contribution in [0.4, 0.5) is 5.69 Å². The van der Waals surface area contributed by atoms with E-state index in [1.54, 1.807) is 36.0 Å². The summed E-state index contributed by atoms with van der Waals surface area (Å²) >= 11 is 1.58. The third-order valence-corrected chi connectivity index (χ3v) is 4.99. The number of benzene rings is 2. The second-order valence-corrected chi connectivity index (χ2v) is 7.42. The molecule has 2 rings (SSSR count). The number of rotatable bonds is 11. The van der Waals surface area contributed by atoms with Gasteiger partial charge in [0, 0.05) is 35.3 Å². The molecule has 0 aliphatic carbocycles. The van der Waals surface area contributed by atoms with Crippen molar-refractivity contribution in [1.82, 2.24) is 0 Å². The van der Waals surface area contributed by atoms with Crippen LogP contribution in [0.1, 0.15) is 35.7 Å². The van der Waals surface area contributed by atoms with Crippen LogP contribution in [0.25, 0.3) is 0 Å². The summed E-state index contributed by atoms with van der Waals surface area (Å²) in [7, 11) is 0. The van der Waals surface area contributed by atoms with Gasteiger partial charge in [-0.05, 0) is 36.2 Å². The number of ether oxygens (including phenoxy) is 2. The lowest BCUT2D eigenvalue weighted by atomic mass is 10.1. The first kappa shape index (κ1) is 23.1. The van der Waals surface area contributed by atoms with Gasteiger partial charge in [-0.2, -0.15) is 0 Å². The molecule has 0 spiro atoms. The predicted molar refractivity (Wildman–Crippen MR) is 110 cm³/mol. The van der Waals surface area contributed by atoms with Gasteiger partial charge in [-0.1, -0.05) is 12.1 Å². The molecule has 0 amide bonds. The maximum absolute atomic E-state index is 12.2. The van der Waals surface area contributed by atoms with Gasteiger partial charge in [0.1, 0.15) is 13.0 Å². The Balaban J connectivity index is 1.74. The summed E-state index contributed by atoms with van der Waals surface area (Å²) < 4.78 is 9.93. The zero-order chi connectivity index (χ0) is 21.9. The van der Waals surface area contributed by atoms with Crippen molar-refractivity contribution in [2.75, 3.05) is 12.4 Å². The van der Waals surface area contributed by atoms with Crippen molar-refractivity contribution in [3.05, 3.63) is 69.8 Å². The highest BCUT2D eigenvalue weighted by Gasteiger charge is 2.14. The van der Waals surface area contributed by atoms with Crippen LogP contribution < -0.4 is 0 Å². The van der Waals surface area contributed by atoms with Crippen LogP contribution >= 0.6 is 11.8 Å². The number of carbonyl (C=O) groups excluding carboxylic acids is 3. The van der Waals surface area contributed by atoms with Crippen molar-refractivity contribution in [3.8, 4) is 0 Å². The number of esters is 2. The molecule has 0 N–H and O–H groups in total. The van der Waals surface area contributed by atoms with Crippen molar-refractivity contribution in [3.63, 3.8) is 0 Å². The zero-order valence-corrected chi connectivity index (χ0v) is 17.2. The summed E-state index contributed by atoms with van der Waals surface area (Å²) in [4.78, 5) is 45.9. The molecule has 0 radical (unpaired) electrons. The van der Waals surface area contributed by atoms with Crippen molar-refractivity contribution in [2.45, 2.75) is 31.3 Å². The van der Waals surface area contributed by atoms with Crippen LogP contribution in [0.15, 0.2) is 53.4 Å². The standard InChI is InChI=1S/C21H21NO7S/c1-15(23)28-11-2-12-30-19-9-5-17(6-10-19)20(24)13-21(25)29-14-16-3-7-18(8-4-16)22(26)27/h3-10H,2,11-14H2,1H3. The number of nitrogens with zero attached hydrogens (tertiary/aromatic N) is 1. The van der Waals surface area contributed by atoms with Crippen molar-refractivity contribution in [2.24, 2.45) is 0 Å². The van der Waals surface area contributed by atoms with Crippen LogP contribution in [0.2, 0.25) is 0 Å². The van der Waals surface area contributed by atoms with E-state index in [1.165, 1.54) is 31.2 Å². The van der Waals surface area contributed by atoms with E-state index in [0.717, 1.165) is 17.1 Å². The van der Waals surface area contributed by atoms with Gasteiger partial charge in [0.05, 0.1) is 11.5 Å². The molecule has 0 aliphatic rings. The number of Topliss-reactive ketones (excluding diaryl/α,β-unsaturated/α-hetero) is 1. The van der Waals surface area contributed by atoms with Gasteiger partial charge in [-0.25, -0.2) is 0 Å². The van der Waals surface area contributed by atoms with Crippen LogP contribution in [-0.4, -0.2) is 35.0 Å². The van der Waals surface area contributed by atoms with Gasteiger partial charge in [0.25, 0.3) is 5.69 Å². The van der Waals surface area contributed by atoms with E-state index in [0.29, 0.717) is 17.7 Å². The molecule has 0 fully saturated rings. The molecule has 0 unspecified atom stereocenters. The molecule has 0 saturated carbocycles. The lowest BCUT2D eigenvalue weighted by molar-refractivity contribution is -0.384. The maximum Gasteiger partial charge on any atom is 0.314 e. The van der Waals surface area contributed by atoms with E-state index in [-0.39, 0.29) is 30.5 Å². The van der Waals surface area contributed by atoms with E-state index in [9.17, 15) is 24.5 Å². The van der Waals surface area contributed by atoms with E-state index < -0.39 is 10.9 Å². The highest BCUT2D eigenvalue weighted by atomic mass is 32.2. The molecule has 158 valence electrons. The summed E-state index contributed by atoms with van der Waals surface area (Å²) in [6.45, 7) is 1.68. The fourth-order valence-electron chi connectivity index (χ4n) is 2.36. The minimum Gasteiger partial charge on any atom is -0.466 e. The molecular weight excluding hydrogens is 410 g/mol. The minimum absolute atomic E-state index is 0.0498. The third kappa shape index (κ3) is 8.04. The van der Waals surface area contributed by atoms with E-state index in [4.69, 9.17) is 9.47 Å². The van der Waals surface area contributed by atoms with Gasteiger partial charge in [0.2, 0.25) is 0 Å². The van der Waals surface area contributed by atoms with E-state index in [2.05, 4.69) is 0 Å². The fraction of sp³-hybridized carbons (Fsp3) is 0.286. The Kier molecular flexibility index (Phi) is 9.02. The first-order chi connectivity index (χ1) is 14.3. The van der Waals surface area contributed by atoms with Gasteiger partial charge in [-0.15, -0.1) is 11.8 Å². The molecule has 30 heavy (non-hydrogen) atoms. The Hall–Kier alpha value is -3.20. The minimum atomic E-state index is -0.665. The van der Waals surface area contributed by atoms with Gasteiger partial charge < -0.3 is 9.47 Å². The first-order valence-electron chi connectivity index (χ1n) is 9.13. The third-order valence-electron chi connectivity index (χ3n) is 3.89. The summed E-state index contributed by atoms with van der Waals surface area (Å²) in [6, 6.07) is 12.5. The van der Waals surface area contributed by atoms with Gasteiger partial charge in [0.15, 0.2) is 5.78 Å². The predicted octanol–water partition coefficient (Wildman–Crippen LogP) is 3.96. The Morgan fingerprint density at radius 1 is 1.00 bits per heavy atom. The largest absolute Gasteiger partial charge is 0.466 e. The SMILES string of the molecule is CC(=O)OCCCSc1ccc(C(=O)CC(=O)OCc2ccc([N+](=O)[O-])cc2)cc1. The smallest absolute Gasteiger partial charge is 0.314 e. The van der Waals surface area contributed by atoms with Crippen LogP contribution in [0.5, 0.6) is 0 Å². The second kappa shape index (κ2) is 11.7. The molecule has 0 saturated heterocycles. The maximum atomic E-state index is 12.2. The summed E-state index contributed by atoms with van der Waals surface area (Å²) in [5.41, 5.74) is 0.953. The van der Waals surface area contributed by atoms with Crippen molar-refractivity contribution in [1.29, 1.82) is 0 Å². The van der Waals surface area contributed by atoms with Crippen molar-refractivity contribution < 1.29 is 28.8 Å². The second-order valence-electron chi connectivity index (χ2n) is 6.25. The highest BCUT2D eigenvalue weighted by molar-refractivity contribution is 7.99. The normalized spacial score (nSPS) is 10.3. The zero-order valence-electron chi connectivity index (χ0n) is 16.4. The number of non-ortho nitro benzene ring substituents is 1. The number of hydrogen-bond acceptors (Lipinski definition) is 8. The van der Waals surface area contributed by atoms with Crippen LogP contribution in [-0.2, 0) is 25.7 Å². The molecule has 2 aromatic carbocycles. The topological polar surface area (TPSA) is 113 Å². The number of nitro benzene ring substituents is 1. The number of carbonyl (C=O) groups is 3. The number of hydrogen-bond donors (Lipinski definition) is 0.